The fraction of sp³-hybridized carbons (Fsp3) is 0.500. The van der Waals surface area contributed by atoms with Crippen LogP contribution in [0.1, 0.15) is 18.9 Å². The Kier molecular flexibility index (Phi) is 4.70. The van der Waals surface area contributed by atoms with Gasteiger partial charge in [0.15, 0.2) is 0 Å². The van der Waals surface area contributed by atoms with E-state index in [1.807, 2.05) is 36.1 Å². The van der Waals surface area contributed by atoms with Crippen molar-refractivity contribution in [3.05, 3.63) is 29.8 Å². The summed E-state index contributed by atoms with van der Waals surface area (Å²) in [6.07, 6.45) is 0.838. The quantitative estimate of drug-likeness (QED) is 0.833. The number of hydrogen-bond donors (Lipinski definition) is 0. The predicted molar refractivity (Wildman–Crippen MR) is 90.3 cm³/mol. The van der Waals surface area contributed by atoms with Gasteiger partial charge in [-0.2, -0.15) is 5.26 Å². The van der Waals surface area contributed by atoms with Crippen LogP contribution in [0.4, 0.5) is 5.69 Å². The Labute approximate surface area is 142 Å². The lowest BCUT2D eigenvalue weighted by molar-refractivity contribution is -0.139. The van der Waals surface area contributed by atoms with Crippen LogP contribution in [0.5, 0.6) is 0 Å². The number of anilines is 1. The second kappa shape index (κ2) is 6.91. The van der Waals surface area contributed by atoms with E-state index in [9.17, 15) is 14.9 Å². The molecule has 3 rings (SSSR count). The molecule has 0 bridgehead atoms. The van der Waals surface area contributed by atoms with Gasteiger partial charge in [-0.1, -0.05) is 19.1 Å². The van der Waals surface area contributed by atoms with Crippen molar-refractivity contribution >= 4 is 17.5 Å². The van der Waals surface area contributed by atoms with Gasteiger partial charge in [-0.05, 0) is 18.6 Å². The average Bonchev–Trinajstić information content (AvgIpc) is 2.94. The molecule has 0 N–H and O–H groups in total. The van der Waals surface area contributed by atoms with Crippen molar-refractivity contribution in [2.24, 2.45) is 5.92 Å². The van der Waals surface area contributed by atoms with Crippen LogP contribution in [0, 0.1) is 17.2 Å². The lowest BCUT2D eigenvalue weighted by Crippen LogP contribution is -2.51. The number of amides is 2. The third kappa shape index (κ3) is 3.21. The number of piperazine rings is 1. The number of hydrogen-bond acceptors (Lipinski definition) is 4. The number of nitrogens with zero attached hydrogens (tertiary/aromatic N) is 4. The molecule has 2 aliphatic rings. The number of para-hydroxylation sites is 1. The summed E-state index contributed by atoms with van der Waals surface area (Å²) in [5, 5.41) is 9.22. The molecule has 2 heterocycles. The Bertz CT molecular complexity index is 674. The molecular weight excluding hydrogens is 304 g/mol. The Balaban J connectivity index is 1.56. The van der Waals surface area contributed by atoms with Gasteiger partial charge in [0.05, 0.1) is 17.8 Å². The molecule has 2 aliphatic heterocycles. The van der Waals surface area contributed by atoms with E-state index < -0.39 is 0 Å². The molecule has 0 unspecified atom stereocenters. The molecule has 126 valence electrons. The van der Waals surface area contributed by atoms with Crippen molar-refractivity contribution in [2.75, 3.05) is 44.2 Å². The molecule has 1 aromatic carbocycles. The van der Waals surface area contributed by atoms with E-state index in [0.717, 1.165) is 12.1 Å². The van der Waals surface area contributed by atoms with Gasteiger partial charge in [0.25, 0.3) is 0 Å². The summed E-state index contributed by atoms with van der Waals surface area (Å²) in [6.45, 7) is 5.44. The fourth-order valence-electron chi connectivity index (χ4n) is 3.36. The van der Waals surface area contributed by atoms with Crippen LogP contribution in [0.25, 0.3) is 0 Å². The normalized spacial score (nSPS) is 21.1. The molecule has 6 nitrogen and oxygen atoms in total. The van der Waals surface area contributed by atoms with E-state index in [4.69, 9.17) is 0 Å². The van der Waals surface area contributed by atoms with Gasteiger partial charge in [-0.3, -0.25) is 9.59 Å². The maximum atomic E-state index is 12.4. The summed E-state index contributed by atoms with van der Waals surface area (Å²) < 4.78 is 0. The smallest absolute Gasteiger partial charge is 0.242 e. The Morgan fingerprint density at radius 3 is 2.54 bits per heavy atom. The summed E-state index contributed by atoms with van der Waals surface area (Å²) in [4.78, 5) is 30.0. The zero-order chi connectivity index (χ0) is 17.1. The van der Waals surface area contributed by atoms with E-state index in [0.29, 0.717) is 38.3 Å². The molecule has 2 amide bonds. The number of benzene rings is 1. The summed E-state index contributed by atoms with van der Waals surface area (Å²) in [5.41, 5.74) is 1.59. The van der Waals surface area contributed by atoms with Crippen molar-refractivity contribution in [1.29, 1.82) is 5.26 Å². The van der Waals surface area contributed by atoms with Crippen LogP contribution < -0.4 is 4.90 Å². The average molecular weight is 326 g/mol. The third-order valence-electron chi connectivity index (χ3n) is 4.89. The first-order valence-corrected chi connectivity index (χ1v) is 8.41. The largest absolute Gasteiger partial charge is 0.367 e. The van der Waals surface area contributed by atoms with Gasteiger partial charge in [-0.15, -0.1) is 0 Å². The van der Waals surface area contributed by atoms with E-state index in [1.54, 1.807) is 4.90 Å². The molecule has 2 fully saturated rings. The minimum atomic E-state index is 0.0191. The lowest BCUT2D eigenvalue weighted by atomic mass is 10.1. The van der Waals surface area contributed by atoms with Crippen molar-refractivity contribution in [3.8, 4) is 6.07 Å². The van der Waals surface area contributed by atoms with Crippen LogP contribution in [-0.2, 0) is 9.59 Å². The Hall–Kier alpha value is -2.55. The second-order valence-electron chi connectivity index (χ2n) is 6.45. The topological polar surface area (TPSA) is 67.7 Å². The highest BCUT2D eigenvalue weighted by Crippen LogP contribution is 2.21. The summed E-state index contributed by atoms with van der Waals surface area (Å²) in [7, 11) is 0. The molecule has 0 radical (unpaired) electrons. The summed E-state index contributed by atoms with van der Waals surface area (Å²) in [5.74, 6) is 0.146. The fourth-order valence-corrected chi connectivity index (χ4v) is 3.36. The molecule has 6 heteroatoms. The van der Waals surface area contributed by atoms with Crippen LogP contribution in [0.3, 0.4) is 0 Å². The van der Waals surface area contributed by atoms with Crippen LogP contribution in [-0.4, -0.2) is 60.9 Å². The zero-order valence-corrected chi connectivity index (χ0v) is 13.9. The third-order valence-corrected chi connectivity index (χ3v) is 4.89. The van der Waals surface area contributed by atoms with Gasteiger partial charge < -0.3 is 14.7 Å². The van der Waals surface area contributed by atoms with Crippen LogP contribution in [0.2, 0.25) is 0 Å². The van der Waals surface area contributed by atoms with Crippen LogP contribution in [0.15, 0.2) is 24.3 Å². The molecule has 1 aromatic rings. The van der Waals surface area contributed by atoms with Crippen molar-refractivity contribution in [1.82, 2.24) is 9.80 Å². The van der Waals surface area contributed by atoms with Crippen molar-refractivity contribution in [2.45, 2.75) is 13.3 Å². The SMILES string of the molecule is C[C@H]1CCN(CC(=O)N2CCN(c3ccccc3C#N)CC2)C1=O. The molecule has 24 heavy (non-hydrogen) atoms. The zero-order valence-electron chi connectivity index (χ0n) is 13.9. The maximum Gasteiger partial charge on any atom is 0.242 e. The van der Waals surface area contributed by atoms with Crippen molar-refractivity contribution in [3.63, 3.8) is 0 Å². The Morgan fingerprint density at radius 2 is 1.92 bits per heavy atom. The molecule has 2 saturated heterocycles. The molecule has 0 aromatic heterocycles. The number of carbonyl (C=O) groups is 2. The lowest BCUT2D eigenvalue weighted by Gasteiger charge is -2.37. The van der Waals surface area contributed by atoms with Crippen molar-refractivity contribution < 1.29 is 9.59 Å². The Morgan fingerprint density at radius 1 is 1.21 bits per heavy atom. The highest BCUT2D eigenvalue weighted by molar-refractivity contribution is 5.87. The molecule has 0 saturated carbocycles. The number of nitriles is 1. The summed E-state index contributed by atoms with van der Waals surface area (Å²) >= 11 is 0. The van der Waals surface area contributed by atoms with E-state index in [-0.39, 0.29) is 24.3 Å². The van der Waals surface area contributed by atoms with Gasteiger partial charge in [0, 0.05) is 38.6 Å². The highest BCUT2D eigenvalue weighted by Gasteiger charge is 2.31. The highest BCUT2D eigenvalue weighted by atomic mass is 16.2. The standard InChI is InChI=1S/C18H22N4O2/c1-14-6-7-22(18(14)24)13-17(23)21-10-8-20(9-11-21)16-5-3-2-4-15(16)12-19/h2-5,14H,6-11,13H2,1H3/t14-/m0/s1. The molecule has 0 aliphatic carbocycles. The monoisotopic (exact) mass is 326 g/mol. The molecule has 0 spiro atoms. The first-order chi connectivity index (χ1) is 11.6. The second-order valence-corrected chi connectivity index (χ2v) is 6.45. The number of likely N-dealkylation sites (tertiary alicyclic amines) is 1. The van der Waals surface area contributed by atoms with Gasteiger partial charge >= 0.3 is 0 Å². The van der Waals surface area contributed by atoms with E-state index >= 15 is 0 Å². The molecular formula is C18H22N4O2. The van der Waals surface area contributed by atoms with Gasteiger partial charge in [0.1, 0.15) is 6.07 Å². The minimum Gasteiger partial charge on any atom is -0.367 e. The number of carbonyl (C=O) groups excluding carboxylic acids is 2. The van der Waals surface area contributed by atoms with Gasteiger partial charge in [-0.25, -0.2) is 0 Å². The van der Waals surface area contributed by atoms with Gasteiger partial charge in [0.2, 0.25) is 11.8 Å². The number of rotatable bonds is 3. The van der Waals surface area contributed by atoms with E-state index in [1.165, 1.54) is 0 Å². The van der Waals surface area contributed by atoms with E-state index in [2.05, 4.69) is 11.0 Å². The van der Waals surface area contributed by atoms with Crippen LogP contribution >= 0.6 is 0 Å². The minimum absolute atomic E-state index is 0.0191. The molecule has 1 atom stereocenters. The first-order valence-electron chi connectivity index (χ1n) is 8.41. The predicted octanol–water partition coefficient (Wildman–Crippen LogP) is 1.08. The summed E-state index contributed by atoms with van der Waals surface area (Å²) in [6, 6.07) is 9.76. The maximum absolute atomic E-state index is 12.4. The first kappa shape index (κ1) is 16.3.